The highest BCUT2D eigenvalue weighted by Gasteiger charge is 2.37. The first kappa shape index (κ1) is 22.2. The summed E-state index contributed by atoms with van der Waals surface area (Å²) in [6.07, 6.45) is 2.72. The van der Waals surface area contributed by atoms with Crippen molar-refractivity contribution < 1.29 is 14.3 Å². The van der Waals surface area contributed by atoms with Crippen molar-refractivity contribution in [1.82, 2.24) is 5.32 Å². The number of aryl methyl sites for hydroxylation is 1. The number of thiophene rings is 1. The van der Waals surface area contributed by atoms with Gasteiger partial charge in [-0.05, 0) is 50.3 Å². The molecule has 1 heterocycles. The molecule has 1 amide bonds. The Bertz CT molecular complexity index is 881. The van der Waals surface area contributed by atoms with Crippen LogP contribution in [0.2, 0.25) is 0 Å². The maximum Gasteiger partial charge on any atom is 0.341 e. The van der Waals surface area contributed by atoms with Gasteiger partial charge in [0.05, 0.1) is 12.2 Å². The standard InChI is InChI=1S/C20H21Cl3N2O3S/c1-2-28-18(27)15-13-10-6-7-11-14(13)29-17(15)25-19(20(21,22)23)24-16(26)12-8-4-3-5-9-12/h3-5,8-9,19,25H,2,6-7,10-11H2,1H3,(H,24,26)/t19-/m0/s1. The van der Waals surface area contributed by atoms with Gasteiger partial charge in [-0.15, -0.1) is 11.3 Å². The Morgan fingerprint density at radius 3 is 2.52 bits per heavy atom. The van der Waals surface area contributed by atoms with E-state index in [-0.39, 0.29) is 6.61 Å². The summed E-state index contributed by atoms with van der Waals surface area (Å²) in [7, 11) is 0. The molecule has 0 unspecified atom stereocenters. The number of anilines is 1. The summed E-state index contributed by atoms with van der Waals surface area (Å²) < 4.78 is 3.41. The zero-order valence-electron chi connectivity index (χ0n) is 15.8. The molecule has 2 aromatic rings. The summed E-state index contributed by atoms with van der Waals surface area (Å²) >= 11 is 19.9. The average molecular weight is 476 g/mol. The maximum absolute atomic E-state index is 12.6. The molecule has 0 aliphatic heterocycles. The lowest BCUT2D eigenvalue weighted by Crippen LogP contribution is -2.49. The van der Waals surface area contributed by atoms with Crippen molar-refractivity contribution in [2.24, 2.45) is 0 Å². The largest absolute Gasteiger partial charge is 0.462 e. The monoisotopic (exact) mass is 474 g/mol. The number of amides is 1. The fraction of sp³-hybridized carbons (Fsp3) is 0.400. The molecule has 0 saturated heterocycles. The fourth-order valence-corrected chi connectivity index (χ4v) is 4.85. The molecule has 0 spiro atoms. The lowest BCUT2D eigenvalue weighted by atomic mass is 9.95. The van der Waals surface area contributed by atoms with Crippen LogP contribution in [0.25, 0.3) is 0 Å². The topological polar surface area (TPSA) is 67.4 Å². The number of hydrogen-bond acceptors (Lipinski definition) is 5. The van der Waals surface area contributed by atoms with Crippen LogP contribution in [-0.2, 0) is 17.6 Å². The predicted molar refractivity (Wildman–Crippen MR) is 119 cm³/mol. The molecule has 1 aromatic carbocycles. The Hall–Kier alpha value is -1.47. The Morgan fingerprint density at radius 2 is 1.86 bits per heavy atom. The quantitative estimate of drug-likeness (QED) is 0.336. The molecule has 0 saturated carbocycles. The lowest BCUT2D eigenvalue weighted by Gasteiger charge is -2.27. The maximum atomic E-state index is 12.6. The van der Waals surface area contributed by atoms with Gasteiger partial charge >= 0.3 is 5.97 Å². The van der Waals surface area contributed by atoms with Gasteiger partial charge in [0, 0.05) is 10.4 Å². The minimum atomic E-state index is -1.85. The Labute approximate surface area is 188 Å². The third-order valence-corrected chi connectivity index (χ3v) is 6.44. The number of fused-ring (bicyclic) bond motifs is 1. The number of hydrogen-bond donors (Lipinski definition) is 2. The van der Waals surface area contributed by atoms with Gasteiger partial charge in [0.1, 0.15) is 11.2 Å². The van der Waals surface area contributed by atoms with Crippen molar-refractivity contribution in [3.63, 3.8) is 0 Å². The van der Waals surface area contributed by atoms with Gasteiger partial charge in [-0.2, -0.15) is 0 Å². The van der Waals surface area contributed by atoms with E-state index >= 15 is 0 Å². The normalized spacial score (nSPS) is 14.6. The molecule has 1 aliphatic carbocycles. The fourth-order valence-electron chi connectivity index (χ4n) is 3.22. The summed E-state index contributed by atoms with van der Waals surface area (Å²) in [4.78, 5) is 26.3. The molecule has 1 aliphatic rings. The van der Waals surface area contributed by atoms with Gasteiger partial charge in [-0.1, -0.05) is 53.0 Å². The van der Waals surface area contributed by atoms with E-state index in [1.165, 1.54) is 11.3 Å². The molecule has 9 heteroatoms. The highest BCUT2D eigenvalue weighted by molar-refractivity contribution is 7.16. The lowest BCUT2D eigenvalue weighted by molar-refractivity contribution is 0.0526. The SMILES string of the molecule is CCOC(=O)c1c(N[C@H](NC(=O)c2ccccc2)C(Cl)(Cl)Cl)sc2c1CCCC2. The van der Waals surface area contributed by atoms with Crippen molar-refractivity contribution in [2.75, 3.05) is 11.9 Å². The molecule has 156 valence electrons. The van der Waals surface area contributed by atoms with Crippen LogP contribution in [0.15, 0.2) is 30.3 Å². The molecule has 0 bridgehead atoms. The average Bonchev–Trinajstić information content (AvgIpc) is 3.05. The van der Waals surface area contributed by atoms with E-state index in [9.17, 15) is 9.59 Å². The van der Waals surface area contributed by atoms with E-state index in [0.29, 0.717) is 16.1 Å². The second-order valence-electron chi connectivity index (χ2n) is 6.59. The van der Waals surface area contributed by atoms with Gasteiger partial charge in [-0.3, -0.25) is 4.79 Å². The molecule has 29 heavy (non-hydrogen) atoms. The van der Waals surface area contributed by atoms with E-state index < -0.39 is 21.8 Å². The summed E-state index contributed by atoms with van der Waals surface area (Å²) in [6.45, 7) is 2.02. The van der Waals surface area contributed by atoms with E-state index in [1.807, 2.05) is 6.07 Å². The zero-order valence-corrected chi connectivity index (χ0v) is 18.9. The number of carbonyl (C=O) groups excluding carboxylic acids is 2. The number of nitrogens with one attached hydrogen (secondary N) is 2. The molecule has 0 radical (unpaired) electrons. The van der Waals surface area contributed by atoms with E-state index in [1.54, 1.807) is 31.2 Å². The van der Waals surface area contributed by atoms with E-state index in [2.05, 4.69) is 10.6 Å². The highest BCUT2D eigenvalue weighted by atomic mass is 35.6. The van der Waals surface area contributed by atoms with Crippen molar-refractivity contribution in [2.45, 2.75) is 42.6 Å². The van der Waals surface area contributed by atoms with Gasteiger partial charge in [0.15, 0.2) is 0 Å². The Morgan fingerprint density at radius 1 is 1.17 bits per heavy atom. The second-order valence-corrected chi connectivity index (χ2v) is 10.1. The molecule has 3 rings (SSSR count). The summed E-state index contributed by atoms with van der Waals surface area (Å²) in [5.74, 6) is -0.805. The molecular weight excluding hydrogens is 455 g/mol. The van der Waals surface area contributed by atoms with Crippen LogP contribution in [0.4, 0.5) is 5.00 Å². The Balaban J connectivity index is 1.90. The van der Waals surface area contributed by atoms with Crippen molar-refractivity contribution >= 4 is 63.0 Å². The van der Waals surface area contributed by atoms with Crippen LogP contribution in [0.1, 0.15) is 50.9 Å². The number of carbonyl (C=O) groups is 2. The molecule has 5 nitrogen and oxygen atoms in total. The molecule has 1 aromatic heterocycles. The van der Waals surface area contributed by atoms with Gasteiger partial charge in [0.25, 0.3) is 5.91 Å². The van der Waals surface area contributed by atoms with Crippen LogP contribution < -0.4 is 10.6 Å². The van der Waals surface area contributed by atoms with Crippen molar-refractivity contribution in [3.05, 3.63) is 51.9 Å². The summed E-state index contributed by atoms with van der Waals surface area (Å²) in [5, 5.41) is 6.33. The molecule has 0 fully saturated rings. The first-order valence-electron chi connectivity index (χ1n) is 9.32. The van der Waals surface area contributed by atoms with Crippen LogP contribution in [0.5, 0.6) is 0 Å². The minimum Gasteiger partial charge on any atom is -0.462 e. The Kier molecular flexibility index (Phi) is 7.32. The van der Waals surface area contributed by atoms with Gasteiger partial charge in [-0.25, -0.2) is 4.79 Å². The molecular formula is C20H21Cl3N2O3S. The van der Waals surface area contributed by atoms with Gasteiger partial charge in [0.2, 0.25) is 3.79 Å². The summed E-state index contributed by atoms with van der Waals surface area (Å²) in [6, 6.07) is 8.64. The van der Waals surface area contributed by atoms with E-state index in [4.69, 9.17) is 39.5 Å². The number of esters is 1. The minimum absolute atomic E-state index is 0.265. The van der Waals surface area contributed by atoms with Crippen LogP contribution in [-0.4, -0.2) is 28.4 Å². The molecule has 1 atom stereocenters. The second kappa shape index (κ2) is 9.56. The first-order valence-corrected chi connectivity index (χ1v) is 11.3. The number of benzene rings is 1. The number of rotatable bonds is 6. The van der Waals surface area contributed by atoms with Crippen molar-refractivity contribution in [3.8, 4) is 0 Å². The smallest absolute Gasteiger partial charge is 0.341 e. The first-order chi connectivity index (χ1) is 13.8. The number of alkyl halides is 3. The van der Waals surface area contributed by atoms with Crippen LogP contribution >= 0.6 is 46.1 Å². The highest BCUT2D eigenvalue weighted by Crippen LogP contribution is 2.40. The van der Waals surface area contributed by atoms with Crippen LogP contribution in [0, 0.1) is 0 Å². The number of ether oxygens (including phenoxy) is 1. The zero-order chi connectivity index (χ0) is 21.0. The van der Waals surface area contributed by atoms with Crippen LogP contribution in [0.3, 0.4) is 0 Å². The van der Waals surface area contributed by atoms with Crippen molar-refractivity contribution in [1.29, 1.82) is 0 Å². The molecule has 2 N–H and O–H groups in total. The predicted octanol–water partition coefficient (Wildman–Crippen LogP) is 5.34. The van der Waals surface area contributed by atoms with E-state index in [0.717, 1.165) is 36.1 Å². The number of halogens is 3. The summed E-state index contributed by atoms with van der Waals surface area (Å²) in [5.41, 5.74) is 1.89. The van der Waals surface area contributed by atoms with Gasteiger partial charge < -0.3 is 15.4 Å². The third kappa shape index (κ3) is 5.37. The third-order valence-electron chi connectivity index (χ3n) is 4.57.